The first-order valence-corrected chi connectivity index (χ1v) is 8.80. The number of carbonyl (C=O) groups excluding carboxylic acids is 2. The number of benzene rings is 1. The van der Waals surface area contributed by atoms with Gasteiger partial charge in [-0.1, -0.05) is 52.0 Å². The maximum atomic E-state index is 12.1. The van der Waals surface area contributed by atoms with Crippen molar-refractivity contribution in [3.05, 3.63) is 35.4 Å². The second-order valence-electron chi connectivity index (χ2n) is 7.39. The largest absolute Gasteiger partial charge is 0.343 e. The summed E-state index contributed by atoms with van der Waals surface area (Å²) >= 11 is 0. The first kappa shape index (κ1) is 17.7. The molecule has 0 unspecified atom stereocenters. The van der Waals surface area contributed by atoms with E-state index in [0.29, 0.717) is 18.3 Å². The fourth-order valence-electron chi connectivity index (χ4n) is 3.19. The highest BCUT2D eigenvalue weighted by Gasteiger charge is 2.24. The summed E-state index contributed by atoms with van der Waals surface area (Å²) in [6.45, 7) is 9.74. The van der Waals surface area contributed by atoms with Crippen molar-refractivity contribution in [1.82, 2.24) is 4.90 Å². The number of rotatable bonds is 5. The maximum Gasteiger partial charge on any atom is 0.222 e. The molecule has 0 N–H and O–H groups in total. The van der Waals surface area contributed by atoms with E-state index in [0.717, 1.165) is 31.5 Å². The average Bonchev–Trinajstić information content (AvgIpc) is 2.53. The summed E-state index contributed by atoms with van der Waals surface area (Å²) in [7, 11) is 0. The quantitative estimate of drug-likeness (QED) is 0.761. The minimum absolute atomic E-state index is 0.0380. The third-order valence-corrected chi connectivity index (χ3v) is 4.62. The molecule has 1 aromatic carbocycles. The third-order valence-electron chi connectivity index (χ3n) is 4.62. The SMILES string of the molecule is CC(C)CC(=O)N1CCC(c2ccc(C(=O)C(C)C)cc2)CC1. The molecule has 1 amide bonds. The zero-order valence-electron chi connectivity index (χ0n) is 14.8. The lowest BCUT2D eigenvalue weighted by Gasteiger charge is -2.32. The Balaban J connectivity index is 1.93. The molecule has 0 saturated carbocycles. The number of carbonyl (C=O) groups is 2. The minimum Gasteiger partial charge on any atom is -0.343 e. The Hall–Kier alpha value is -1.64. The molecule has 2 rings (SSSR count). The second kappa shape index (κ2) is 7.76. The van der Waals surface area contributed by atoms with Crippen molar-refractivity contribution < 1.29 is 9.59 Å². The fourth-order valence-corrected chi connectivity index (χ4v) is 3.19. The van der Waals surface area contributed by atoms with Gasteiger partial charge in [-0.25, -0.2) is 0 Å². The second-order valence-corrected chi connectivity index (χ2v) is 7.39. The molecule has 23 heavy (non-hydrogen) atoms. The first-order valence-electron chi connectivity index (χ1n) is 8.80. The van der Waals surface area contributed by atoms with E-state index < -0.39 is 0 Å². The Morgan fingerprint density at radius 2 is 1.61 bits per heavy atom. The van der Waals surface area contributed by atoms with E-state index in [1.54, 1.807) is 0 Å². The lowest BCUT2D eigenvalue weighted by Crippen LogP contribution is -2.38. The molecule has 1 heterocycles. The normalized spacial score (nSPS) is 16.2. The van der Waals surface area contributed by atoms with Gasteiger partial charge in [0.25, 0.3) is 0 Å². The highest BCUT2D eigenvalue weighted by atomic mass is 16.2. The van der Waals surface area contributed by atoms with Crippen molar-refractivity contribution in [2.24, 2.45) is 11.8 Å². The molecule has 0 radical (unpaired) electrons. The standard InChI is InChI=1S/C20H29NO2/c1-14(2)13-19(22)21-11-9-17(10-12-21)16-5-7-18(8-6-16)20(23)15(3)4/h5-8,14-15,17H,9-13H2,1-4H3. The van der Waals surface area contributed by atoms with Gasteiger partial charge in [0.05, 0.1) is 0 Å². The first-order chi connectivity index (χ1) is 10.9. The molecule has 0 aliphatic carbocycles. The Kier molecular flexibility index (Phi) is 5.97. The number of likely N-dealkylation sites (tertiary alicyclic amines) is 1. The fraction of sp³-hybridized carbons (Fsp3) is 0.600. The minimum atomic E-state index is 0.0380. The Morgan fingerprint density at radius 1 is 1.04 bits per heavy atom. The van der Waals surface area contributed by atoms with Crippen LogP contribution in [0.5, 0.6) is 0 Å². The molecular formula is C20H29NO2. The van der Waals surface area contributed by atoms with E-state index in [1.165, 1.54) is 5.56 Å². The van der Waals surface area contributed by atoms with Crippen LogP contribution in [0.4, 0.5) is 0 Å². The molecule has 0 atom stereocenters. The van der Waals surface area contributed by atoms with Crippen LogP contribution >= 0.6 is 0 Å². The highest BCUT2D eigenvalue weighted by Crippen LogP contribution is 2.29. The van der Waals surface area contributed by atoms with Crippen LogP contribution in [0.15, 0.2) is 24.3 Å². The van der Waals surface area contributed by atoms with Crippen LogP contribution in [0, 0.1) is 11.8 Å². The van der Waals surface area contributed by atoms with Gasteiger partial charge < -0.3 is 4.90 Å². The van der Waals surface area contributed by atoms with Gasteiger partial charge in [-0.15, -0.1) is 0 Å². The van der Waals surface area contributed by atoms with Crippen LogP contribution in [-0.2, 0) is 4.79 Å². The molecule has 0 bridgehead atoms. The van der Waals surface area contributed by atoms with E-state index in [4.69, 9.17) is 0 Å². The van der Waals surface area contributed by atoms with Crippen molar-refractivity contribution in [3.8, 4) is 0 Å². The molecule has 0 spiro atoms. The Labute approximate surface area is 140 Å². The van der Waals surface area contributed by atoms with E-state index >= 15 is 0 Å². The summed E-state index contributed by atoms with van der Waals surface area (Å²) in [6.07, 6.45) is 2.68. The predicted octanol–water partition coefficient (Wildman–Crippen LogP) is 4.28. The van der Waals surface area contributed by atoms with Gasteiger partial charge >= 0.3 is 0 Å². The number of hydrogen-bond donors (Lipinski definition) is 0. The monoisotopic (exact) mass is 315 g/mol. The van der Waals surface area contributed by atoms with Crippen LogP contribution in [0.3, 0.4) is 0 Å². The van der Waals surface area contributed by atoms with Gasteiger partial charge in [0.15, 0.2) is 5.78 Å². The smallest absolute Gasteiger partial charge is 0.222 e. The zero-order valence-corrected chi connectivity index (χ0v) is 14.8. The van der Waals surface area contributed by atoms with Gasteiger partial charge in [-0.05, 0) is 30.2 Å². The van der Waals surface area contributed by atoms with Gasteiger partial charge in [0.1, 0.15) is 0 Å². The molecule has 3 heteroatoms. The molecule has 1 aliphatic heterocycles. The van der Waals surface area contributed by atoms with Crippen LogP contribution in [0.2, 0.25) is 0 Å². The topological polar surface area (TPSA) is 37.4 Å². The number of ketones is 1. The predicted molar refractivity (Wildman–Crippen MR) is 93.6 cm³/mol. The van der Waals surface area contributed by atoms with Gasteiger partial charge in [0, 0.05) is 31.0 Å². The van der Waals surface area contributed by atoms with Gasteiger partial charge in [0.2, 0.25) is 5.91 Å². The van der Waals surface area contributed by atoms with E-state index in [1.807, 2.05) is 30.9 Å². The maximum absolute atomic E-state index is 12.1. The molecular weight excluding hydrogens is 286 g/mol. The molecule has 1 fully saturated rings. The summed E-state index contributed by atoms with van der Waals surface area (Å²) < 4.78 is 0. The Morgan fingerprint density at radius 3 is 2.09 bits per heavy atom. The van der Waals surface area contributed by atoms with Crippen molar-refractivity contribution in [2.45, 2.75) is 52.9 Å². The number of nitrogens with zero attached hydrogens (tertiary/aromatic N) is 1. The summed E-state index contributed by atoms with van der Waals surface area (Å²) in [5.74, 6) is 1.45. The molecule has 3 nitrogen and oxygen atoms in total. The third kappa shape index (κ3) is 4.66. The summed E-state index contributed by atoms with van der Waals surface area (Å²) in [5.41, 5.74) is 2.09. The van der Waals surface area contributed by atoms with Gasteiger partial charge in [-0.3, -0.25) is 9.59 Å². The van der Waals surface area contributed by atoms with Crippen molar-refractivity contribution in [1.29, 1.82) is 0 Å². The number of hydrogen-bond acceptors (Lipinski definition) is 2. The molecule has 0 aromatic heterocycles. The lowest BCUT2D eigenvalue weighted by molar-refractivity contribution is -0.133. The van der Waals surface area contributed by atoms with Gasteiger partial charge in [-0.2, -0.15) is 0 Å². The van der Waals surface area contributed by atoms with Crippen LogP contribution in [-0.4, -0.2) is 29.7 Å². The molecule has 126 valence electrons. The Bertz CT molecular complexity index is 537. The number of amides is 1. The molecule has 1 aliphatic rings. The molecule has 1 aromatic rings. The van der Waals surface area contributed by atoms with E-state index in [2.05, 4.69) is 26.0 Å². The summed E-state index contributed by atoms with van der Waals surface area (Å²) in [6, 6.07) is 8.08. The van der Waals surface area contributed by atoms with Crippen LogP contribution in [0.25, 0.3) is 0 Å². The van der Waals surface area contributed by atoms with Crippen molar-refractivity contribution >= 4 is 11.7 Å². The van der Waals surface area contributed by atoms with E-state index in [-0.39, 0.29) is 17.6 Å². The summed E-state index contributed by atoms with van der Waals surface area (Å²) in [5, 5.41) is 0. The van der Waals surface area contributed by atoms with Crippen molar-refractivity contribution in [2.75, 3.05) is 13.1 Å². The van der Waals surface area contributed by atoms with E-state index in [9.17, 15) is 9.59 Å². The zero-order chi connectivity index (χ0) is 17.0. The number of Topliss-reactive ketones (excluding diaryl/α,β-unsaturated/α-hetero) is 1. The highest BCUT2D eigenvalue weighted by molar-refractivity contribution is 5.97. The van der Waals surface area contributed by atoms with Crippen LogP contribution in [0.1, 0.15) is 68.8 Å². The van der Waals surface area contributed by atoms with Crippen molar-refractivity contribution in [3.63, 3.8) is 0 Å². The lowest BCUT2D eigenvalue weighted by atomic mass is 9.88. The number of piperidine rings is 1. The summed E-state index contributed by atoms with van der Waals surface area (Å²) in [4.78, 5) is 26.1. The van der Waals surface area contributed by atoms with Crippen LogP contribution < -0.4 is 0 Å². The average molecular weight is 315 g/mol. The molecule has 1 saturated heterocycles.